The smallest absolute Gasteiger partial charge is 0.457 e. The van der Waals surface area contributed by atoms with Crippen molar-refractivity contribution in [3.05, 3.63) is 217 Å². The molecule has 0 aliphatic carbocycles. The number of pyridine rings is 1. The van der Waals surface area contributed by atoms with Crippen LogP contribution in [0, 0.1) is 11.3 Å². The molecule has 0 atom stereocenters. The molecule has 10 aromatic rings. The Morgan fingerprint density at radius 2 is 1.11 bits per heavy atom. The van der Waals surface area contributed by atoms with Crippen LogP contribution >= 0.6 is 0 Å². The number of nitriles is 1. The molecule has 0 saturated carbocycles. The summed E-state index contributed by atoms with van der Waals surface area (Å²) in [5.74, 6) is 2.17. The van der Waals surface area contributed by atoms with E-state index in [-0.39, 0.29) is 16.2 Å². The van der Waals surface area contributed by atoms with Crippen molar-refractivity contribution < 1.29 is 4.74 Å². The van der Waals surface area contributed by atoms with Crippen LogP contribution in [0.3, 0.4) is 0 Å². The van der Waals surface area contributed by atoms with Crippen LogP contribution in [0.4, 0.5) is 22.7 Å². The Hall–Kier alpha value is -8.62. The van der Waals surface area contributed by atoms with E-state index >= 15 is 0 Å². The Morgan fingerprint density at radius 3 is 1.75 bits per heavy atom. The fourth-order valence-corrected chi connectivity index (χ4v) is 10.1. The lowest BCUT2D eigenvalue weighted by Gasteiger charge is -2.24. The molecule has 6 heteroatoms. The molecule has 73 heavy (non-hydrogen) atoms. The standard InChI is InChI=1S/C67H59N5O/c1-65(2,3)47-33-34-69-62(39-47)72-59-32-29-44(42-68)35-58(59)56-31-30-53(41-61(56)72)73-52-24-16-23-50(40-52)70-43-71(51-37-48(66(4,5)6)36-49(38-51)67(7,8)9)64-57(27-18-28-60(64)70)63-54(45-19-12-10-13-20-45)25-17-26-55(63)46-21-14-11-15-22-46/h10-41H,1-9H3/q+2. The molecule has 3 heterocycles. The number of nitrogens with zero attached hydrogens (tertiary/aromatic N) is 5. The molecule has 0 spiro atoms. The molecule has 0 saturated heterocycles. The van der Waals surface area contributed by atoms with Gasteiger partial charge in [-0.2, -0.15) is 5.26 Å². The van der Waals surface area contributed by atoms with Crippen LogP contribution in [-0.4, -0.2) is 15.6 Å². The fourth-order valence-electron chi connectivity index (χ4n) is 10.1. The van der Waals surface area contributed by atoms with Gasteiger partial charge in [0.1, 0.15) is 17.3 Å². The lowest BCUT2D eigenvalue weighted by atomic mass is 9.80. The number of ether oxygens (including phenoxy) is 1. The van der Waals surface area contributed by atoms with Gasteiger partial charge in [-0.15, -0.1) is 0 Å². The summed E-state index contributed by atoms with van der Waals surface area (Å²) < 4.78 is 13.5. The SMILES string of the molecule is CC(C)(C)c1cc([N+]2=C=[N+](c3cccc(Oc4ccc5c6cc(C#N)ccc6n(-c6cc(C(C)(C)C)ccn6)c5c4)c3)c3cccc(-c4c(-c5ccccc5)cccc4-c4ccccc4)c32)cc(C(C)(C)C)c1. The van der Waals surface area contributed by atoms with Crippen molar-refractivity contribution in [2.45, 2.75) is 78.6 Å². The van der Waals surface area contributed by atoms with E-state index in [1.807, 2.05) is 36.5 Å². The average molecular weight is 950 g/mol. The summed E-state index contributed by atoms with van der Waals surface area (Å²) >= 11 is 0. The Bertz CT molecular complexity index is 3830. The van der Waals surface area contributed by atoms with Gasteiger partial charge in [-0.05, 0) is 119 Å². The Kier molecular flexibility index (Phi) is 11.5. The minimum atomic E-state index is -0.103. The van der Waals surface area contributed by atoms with Crippen molar-refractivity contribution in [1.82, 2.24) is 18.7 Å². The first-order chi connectivity index (χ1) is 35.0. The summed E-state index contributed by atoms with van der Waals surface area (Å²) in [7, 11) is 0. The predicted octanol–water partition coefficient (Wildman–Crippen LogP) is 17.6. The van der Waals surface area contributed by atoms with Gasteiger partial charge in [0.2, 0.25) is 11.4 Å². The van der Waals surface area contributed by atoms with Crippen LogP contribution in [-0.2, 0) is 16.2 Å². The third-order valence-corrected chi connectivity index (χ3v) is 14.1. The van der Waals surface area contributed by atoms with Crippen molar-refractivity contribution in [3.63, 3.8) is 0 Å². The second-order valence-corrected chi connectivity index (χ2v) is 22.3. The van der Waals surface area contributed by atoms with Gasteiger partial charge in [-0.25, -0.2) is 4.98 Å². The lowest BCUT2D eigenvalue weighted by molar-refractivity contribution is 0.483. The van der Waals surface area contributed by atoms with E-state index in [1.165, 1.54) is 16.7 Å². The Labute approximate surface area is 429 Å². The molecule has 0 fully saturated rings. The second kappa shape index (κ2) is 17.9. The van der Waals surface area contributed by atoms with Crippen molar-refractivity contribution in [3.8, 4) is 56.8 Å². The number of aromatic nitrogens is 2. The molecule has 8 aromatic carbocycles. The maximum Gasteiger partial charge on any atom is 0.503 e. The summed E-state index contributed by atoms with van der Waals surface area (Å²) in [5, 5.41) is 11.9. The lowest BCUT2D eigenvalue weighted by Crippen LogP contribution is -2.17. The second-order valence-electron chi connectivity index (χ2n) is 22.3. The van der Waals surface area contributed by atoms with E-state index in [2.05, 4.69) is 246 Å². The van der Waals surface area contributed by atoms with E-state index in [9.17, 15) is 5.26 Å². The average Bonchev–Trinajstić information content (AvgIpc) is 3.94. The van der Waals surface area contributed by atoms with E-state index in [0.717, 1.165) is 83.8 Å². The first kappa shape index (κ1) is 46.7. The van der Waals surface area contributed by atoms with Crippen molar-refractivity contribution >= 4 is 50.6 Å². The zero-order valence-corrected chi connectivity index (χ0v) is 43.1. The van der Waals surface area contributed by atoms with Gasteiger partial charge in [-0.1, -0.05) is 159 Å². The van der Waals surface area contributed by atoms with Crippen LogP contribution in [0.2, 0.25) is 0 Å². The van der Waals surface area contributed by atoms with Crippen LogP contribution in [0.5, 0.6) is 11.5 Å². The first-order valence-electron chi connectivity index (χ1n) is 25.2. The van der Waals surface area contributed by atoms with Crippen molar-refractivity contribution in [2.75, 3.05) is 0 Å². The highest BCUT2D eigenvalue weighted by molar-refractivity contribution is 6.10. The minimum absolute atomic E-state index is 0.0728. The van der Waals surface area contributed by atoms with E-state index < -0.39 is 0 Å². The summed E-state index contributed by atoms with van der Waals surface area (Å²) in [5.41, 5.74) is 16.8. The highest BCUT2D eigenvalue weighted by Crippen LogP contribution is 2.50. The summed E-state index contributed by atoms with van der Waals surface area (Å²) in [6.45, 7) is 20.4. The highest BCUT2D eigenvalue weighted by atomic mass is 16.5. The normalized spacial score (nSPS) is 12.7. The van der Waals surface area contributed by atoms with Gasteiger partial charge in [-0.3, -0.25) is 4.57 Å². The summed E-state index contributed by atoms with van der Waals surface area (Å²) in [6.07, 6.45) is 1.88. The molecule has 356 valence electrons. The summed E-state index contributed by atoms with van der Waals surface area (Å²) in [6, 6.07) is 72.7. The van der Waals surface area contributed by atoms with E-state index in [0.29, 0.717) is 17.1 Å². The van der Waals surface area contributed by atoms with Gasteiger partial charge in [0.25, 0.3) is 5.69 Å². The largest absolute Gasteiger partial charge is 0.503 e. The van der Waals surface area contributed by atoms with Gasteiger partial charge in [0.15, 0.2) is 0 Å². The molecule has 0 bridgehead atoms. The molecular formula is C67H59N5O+2. The molecule has 11 rings (SSSR count). The number of para-hydroxylation sites is 1. The Balaban J connectivity index is 1.10. The minimum Gasteiger partial charge on any atom is -0.457 e. The molecule has 6 nitrogen and oxygen atoms in total. The van der Waals surface area contributed by atoms with Crippen molar-refractivity contribution in [1.29, 1.82) is 5.26 Å². The van der Waals surface area contributed by atoms with Gasteiger partial charge in [0, 0.05) is 52.9 Å². The molecule has 0 amide bonds. The molecule has 1 aliphatic heterocycles. The molecule has 1 aliphatic rings. The first-order valence-corrected chi connectivity index (χ1v) is 25.2. The maximum atomic E-state index is 9.91. The van der Waals surface area contributed by atoms with Crippen LogP contribution in [0.15, 0.2) is 194 Å². The third kappa shape index (κ3) is 8.73. The monoisotopic (exact) mass is 949 g/mol. The third-order valence-electron chi connectivity index (χ3n) is 14.1. The van der Waals surface area contributed by atoms with E-state index in [1.54, 1.807) is 0 Å². The molecule has 2 aromatic heterocycles. The van der Waals surface area contributed by atoms with Crippen LogP contribution in [0.25, 0.3) is 61.0 Å². The quantitative estimate of drug-likeness (QED) is 0.143. The Morgan fingerprint density at radius 1 is 0.493 bits per heavy atom. The number of rotatable bonds is 8. The zero-order chi connectivity index (χ0) is 50.8. The fraction of sp³-hybridized carbons (Fsp3) is 0.179. The molecular weight excluding hydrogens is 891 g/mol. The maximum absolute atomic E-state index is 9.91. The highest BCUT2D eigenvalue weighted by Gasteiger charge is 2.41. The number of hydrogen-bond acceptors (Lipinski definition) is 3. The molecule has 0 unspecified atom stereocenters. The number of hydrogen-bond donors (Lipinski definition) is 0. The molecule has 0 N–H and O–H groups in total. The molecule has 0 radical (unpaired) electrons. The van der Waals surface area contributed by atoms with Gasteiger partial charge < -0.3 is 4.74 Å². The van der Waals surface area contributed by atoms with Gasteiger partial charge >= 0.3 is 11.7 Å². The summed E-state index contributed by atoms with van der Waals surface area (Å²) in [4.78, 5) is 4.89. The zero-order valence-electron chi connectivity index (χ0n) is 43.1. The number of benzene rings is 8. The number of fused-ring (bicyclic) bond motifs is 4. The van der Waals surface area contributed by atoms with E-state index in [4.69, 9.17) is 9.72 Å². The van der Waals surface area contributed by atoms with Gasteiger partial charge in [0.05, 0.1) is 34.3 Å². The topological polar surface area (TPSA) is 56.9 Å². The predicted molar refractivity (Wildman–Crippen MR) is 303 cm³/mol. The van der Waals surface area contributed by atoms with Crippen molar-refractivity contribution in [2.24, 2.45) is 0 Å². The van der Waals surface area contributed by atoms with Crippen LogP contribution < -0.4 is 13.9 Å². The van der Waals surface area contributed by atoms with Crippen LogP contribution in [0.1, 0.15) is 84.6 Å².